The second-order valence-electron chi connectivity index (χ2n) is 4.26. The highest BCUT2D eigenvalue weighted by molar-refractivity contribution is 7.92. The fourth-order valence-corrected chi connectivity index (χ4v) is 3.37. The molecule has 22 heavy (non-hydrogen) atoms. The van der Waals surface area contributed by atoms with Crippen LogP contribution in [0.5, 0.6) is 5.75 Å². The third-order valence-corrected chi connectivity index (χ3v) is 4.67. The summed E-state index contributed by atoms with van der Waals surface area (Å²) in [6.45, 7) is 0. The maximum atomic E-state index is 12.4. The molecule has 2 aromatic carbocycles. The van der Waals surface area contributed by atoms with Crippen molar-refractivity contribution in [3.8, 4) is 5.75 Å². The summed E-state index contributed by atoms with van der Waals surface area (Å²) in [6.07, 6.45) is 0. The molecule has 0 saturated heterocycles. The zero-order chi connectivity index (χ0) is 16.3. The van der Waals surface area contributed by atoms with Crippen LogP contribution < -0.4 is 9.46 Å². The lowest BCUT2D eigenvalue weighted by atomic mass is 10.2. The molecule has 6 nitrogen and oxygen atoms in total. The van der Waals surface area contributed by atoms with Crippen LogP contribution >= 0.6 is 11.6 Å². The molecule has 0 atom stereocenters. The topological polar surface area (TPSA) is 92.7 Å². The lowest BCUT2D eigenvalue weighted by molar-refractivity contribution is 0.0696. The lowest BCUT2D eigenvalue weighted by Gasteiger charge is -2.12. The molecule has 0 saturated carbocycles. The molecule has 0 unspecified atom stereocenters. The summed E-state index contributed by atoms with van der Waals surface area (Å²) in [7, 11) is -2.65. The van der Waals surface area contributed by atoms with E-state index in [0.29, 0.717) is 5.75 Å². The summed E-state index contributed by atoms with van der Waals surface area (Å²) < 4.78 is 32.2. The van der Waals surface area contributed by atoms with Crippen LogP contribution in [0.25, 0.3) is 0 Å². The second kappa shape index (κ2) is 6.25. The number of ether oxygens (including phenoxy) is 1. The van der Waals surface area contributed by atoms with E-state index in [2.05, 4.69) is 4.72 Å². The fourth-order valence-electron chi connectivity index (χ4n) is 1.77. The monoisotopic (exact) mass is 341 g/mol. The summed E-state index contributed by atoms with van der Waals surface area (Å²) in [5.74, 6) is -0.915. The van der Waals surface area contributed by atoms with Gasteiger partial charge in [-0.05, 0) is 30.3 Å². The van der Waals surface area contributed by atoms with Crippen molar-refractivity contribution in [1.82, 2.24) is 0 Å². The molecule has 2 rings (SSSR count). The van der Waals surface area contributed by atoms with Gasteiger partial charge >= 0.3 is 5.97 Å². The minimum absolute atomic E-state index is 0.0765. The van der Waals surface area contributed by atoms with Gasteiger partial charge in [-0.3, -0.25) is 4.72 Å². The van der Waals surface area contributed by atoms with Gasteiger partial charge in [0.1, 0.15) is 10.6 Å². The molecule has 0 heterocycles. The van der Waals surface area contributed by atoms with Gasteiger partial charge in [-0.2, -0.15) is 0 Å². The quantitative estimate of drug-likeness (QED) is 0.872. The van der Waals surface area contributed by atoms with E-state index in [9.17, 15) is 13.2 Å². The smallest absolute Gasteiger partial charge is 0.335 e. The fraction of sp³-hybridized carbons (Fsp3) is 0.0714. The van der Waals surface area contributed by atoms with E-state index < -0.39 is 16.0 Å². The van der Waals surface area contributed by atoms with E-state index >= 15 is 0 Å². The second-order valence-corrected chi connectivity index (χ2v) is 6.31. The molecule has 2 aromatic rings. The van der Waals surface area contributed by atoms with E-state index in [1.165, 1.54) is 25.3 Å². The van der Waals surface area contributed by atoms with E-state index in [0.717, 1.165) is 6.07 Å². The van der Waals surface area contributed by atoms with Gasteiger partial charge in [0, 0.05) is 0 Å². The van der Waals surface area contributed by atoms with E-state index in [-0.39, 0.29) is 21.2 Å². The van der Waals surface area contributed by atoms with Crippen LogP contribution in [0.1, 0.15) is 10.4 Å². The first kappa shape index (κ1) is 16.1. The molecule has 116 valence electrons. The van der Waals surface area contributed by atoms with Crippen LogP contribution in [0.15, 0.2) is 47.4 Å². The van der Waals surface area contributed by atoms with Gasteiger partial charge in [0.15, 0.2) is 0 Å². The van der Waals surface area contributed by atoms with Gasteiger partial charge in [0.25, 0.3) is 10.0 Å². The average Bonchev–Trinajstić information content (AvgIpc) is 2.47. The molecule has 2 N–H and O–H groups in total. The predicted octanol–water partition coefficient (Wildman–Crippen LogP) is 2.85. The van der Waals surface area contributed by atoms with Gasteiger partial charge in [-0.15, -0.1) is 0 Å². The minimum atomic E-state index is -4.06. The standard InChI is InChI=1S/C14H12ClNO5S/c1-21-12-5-3-2-4-11(12)16-22(19,20)13-8-9(14(17)18)6-7-10(13)15/h2-8,16H,1H3,(H,17,18). The van der Waals surface area contributed by atoms with Crippen molar-refractivity contribution >= 4 is 33.3 Å². The maximum Gasteiger partial charge on any atom is 0.335 e. The average molecular weight is 342 g/mol. The minimum Gasteiger partial charge on any atom is -0.495 e. The van der Waals surface area contributed by atoms with Crippen LogP contribution in [0, 0.1) is 0 Å². The largest absolute Gasteiger partial charge is 0.495 e. The number of methoxy groups -OCH3 is 1. The molecular weight excluding hydrogens is 330 g/mol. The number of sulfonamides is 1. The van der Waals surface area contributed by atoms with Gasteiger partial charge in [0.2, 0.25) is 0 Å². The maximum absolute atomic E-state index is 12.4. The van der Waals surface area contributed by atoms with Gasteiger partial charge in [0.05, 0.1) is 23.4 Å². The third kappa shape index (κ3) is 3.32. The summed E-state index contributed by atoms with van der Waals surface area (Å²) in [6, 6.07) is 9.89. The Kier molecular flexibility index (Phi) is 4.58. The molecule has 0 aromatic heterocycles. The highest BCUT2D eigenvalue weighted by Gasteiger charge is 2.21. The van der Waals surface area contributed by atoms with Crippen molar-refractivity contribution in [2.75, 3.05) is 11.8 Å². The number of hydrogen-bond acceptors (Lipinski definition) is 4. The van der Waals surface area contributed by atoms with Crippen LogP contribution in [-0.2, 0) is 10.0 Å². The third-order valence-electron chi connectivity index (χ3n) is 2.82. The summed E-state index contributed by atoms with van der Waals surface area (Å²) in [5, 5.41) is 8.88. The number of para-hydroxylation sites is 2. The zero-order valence-corrected chi connectivity index (χ0v) is 13.0. The Morgan fingerprint density at radius 1 is 1.23 bits per heavy atom. The first-order chi connectivity index (χ1) is 10.3. The molecule has 0 amide bonds. The zero-order valence-electron chi connectivity index (χ0n) is 11.4. The van der Waals surface area contributed by atoms with Crippen LogP contribution in [0.2, 0.25) is 5.02 Å². The number of carbonyl (C=O) groups is 1. The highest BCUT2D eigenvalue weighted by atomic mass is 35.5. The van der Waals surface area contributed by atoms with Crippen molar-refractivity contribution in [2.45, 2.75) is 4.90 Å². The Hall–Kier alpha value is -2.25. The van der Waals surface area contributed by atoms with Gasteiger partial charge < -0.3 is 9.84 Å². The van der Waals surface area contributed by atoms with Crippen molar-refractivity contribution in [2.24, 2.45) is 0 Å². The molecule has 0 spiro atoms. The number of hydrogen-bond donors (Lipinski definition) is 2. The molecule has 0 aliphatic heterocycles. The number of nitrogens with one attached hydrogen (secondary N) is 1. The van der Waals surface area contributed by atoms with Crippen molar-refractivity contribution < 1.29 is 23.1 Å². The van der Waals surface area contributed by atoms with Crippen LogP contribution in [0.4, 0.5) is 5.69 Å². The highest BCUT2D eigenvalue weighted by Crippen LogP contribution is 2.29. The SMILES string of the molecule is COc1ccccc1NS(=O)(=O)c1cc(C(=O)O)ccc1Cl. The van der Waals surface area contributed by atoms with Gasteiger partial charge in [-0.1, -0.05) is 23.7 Å². The summed E-state index contributed by atoms with van der Waals surface area (Å²) in [5.41, 5.74) is 0.0478. The molecule has 0 fully saturated rings. The first-order valence-electron chi connectivity index (χ1n) is 6.04. The van der Waals surface area contributed by atoms with Gasteiger partial charge in [-0.25, -0.2) is 13.2 Å². The Morgan fingerprint density at radius 3 is 2.55 bits per heavy atom. The first-order valence-corrected chi connectivity index (χ1v) is 7.90. The molecule has 0 aliphatic rings. The molecular formula is C14H12ClNO5S. The van der Waals surface area contributed by atoms with E-state index in [1.807, 2.05) is 0 Å². The summed E-state index contributed by atoms with van der Waals surface area (Å²) >= 11 is 5.88. The Labute approximate surface area is 132 Å². The van der Waals surface area contributed by atoms with E-state index in [1.54, 1.807) is 18.2 Å². The number of benzene rings is 2. The molecule has 0 bridgehead atoms. The van der Waals surface area contributed by atoms with Crippen molar-refractivity contribution in [3.63, 3.8) is 0 Å². The van der Waals surface area contributed by atoms with Crippen LogP contribution in [-0.4, -0.2) is 26.6 Å². The van der Waals surface area contributed by atoms with Crippen LogP contribution in [0.3, 0.4) is 0 Å². The summed E-state index contributed by atoms with van der Waals surface area (Å²) in [4.78, 5) is 10.7. The predicted molar refractivity (Wildman–Crippen MR) is 82.2 cm³/mol. The number of halogens is 1. The normalized spacial score (nSPS) is 11.0. The number of rotatable bonds is 5. The number of aromatic carboxylic acids is 1. The molecule has 0 aliphatic carbocycles. The lowest BCUT2D eigenvalue weighted by Crippen LogP contribution is -2.15. The number of carboxylic acid groups (broad SMARTS) is 1. The molecule has 0 radical (unpaired) electrons. The van der Waals surface area contributed by atoms with E-state index in [4.69, 9.17) is 21.4 Å². The van der Waals surface area contributed by atoms with Crippen molar-refractivity contribution in [3.05, 3.63) is 53.1 Å². The number of anilines is 1. The Morgan fingerprint density at radius 2 is 1.91 bits per heavy atom. The van der Waals surface area contributed by atoms with Crippen molar-refractivity contribution in [1.29, 1.82) is 0 Å². The number of carboxylic acids is 1. The Balaban J connectivity index is 2.47. The Bertz CT molecular complexity index is 820. The molecule has 8 heteroatoms.